The topological polar surface area (TPSA) is 82.3 Å². The number of ether oxygens (including phenoxy) is 1. The van der Waals surface area contributed by atoms with Crippen molar-refractivity contribution < 1.29 is 31.4 Å². The third-order valence-electron chi connectivity index (χ3n) is 3.91. The number of halogens is 3. The normalized spacial score (nSPS) is 12.6. The van der Waals surface area contributed by atoms with Crippen LogP contribution in [0.4, 0.5) is 13.2 Å². The molecule has 0 amide bonds. The molecule has 152 valence electrons. The summed E-state index contributed by atoms with van der Waals surface area (Å²) in [4.78, 5) is 15.6. The molecular weight excluding hydrogens is 409 g/mol. The molecule has 29 heavy (non-hydrogen) atoms. The largest absolute Gasteiger partial charge is 0.497 e. The van der Waals surface area contributed by atoms with Crippen molar-refractivity contribution in [2.24, 2.45) is 0 Å². The molecule has 1 unspecified atom stereocenters. The molecule has 1 heterocycles. The summed E-state index contributed by atoms with van der Waals surface area (Å²) in [7, 11) is 0.133. The highest BCUT2D eigenvalue weighted by atomic mass is 32.2. The molecule has 0 aliphatic carbocycles. The van der Waals surface area contributed by atoms with Gasteiger partial charge in [-0.2, -0.15) is 18.2 Å². The van der Waals surface area contributed by atoms with E-state index in [0.717, 1.165) is 5.56 Å². The van der Waals surface area contributed by atoms with E-state index in [1.165, 1.54) is 24.3 Å². The van der Waals surface area contributed by atoms with Crippen LogP contribution in [0.2, 0.25) is 0 Å². The first-order valence-corrected chi connectivity index (χ1v) is 9.77. The van der Waals surface area contributed by atoms with Crippen molar-refractivity contribution in [3.05, 3.63) is 65.5 Å². The number of ketones is 1. The van der Waals surface area contributed by atoms with Gasteiger partial charge in [0, 0.05) is 27.7 Å². The number of nitrogens with zero attached hydrogens (tertiary/aromatic N) is 2. The Kier molecular flexibility index (Phi) is 6.12. The fourth-order valence-corrected chi connectivity index (χ4v) is 3.57. The number of rotatable bonds is 7. The molecule has 0 saturated carbocycles. The number of Topliss-reactive ketones (excluding diaryl/α,β-unsaturated/α-hetero) is 1. The van der Waals surface area contributed by atoms with E-state index in [0.29, 0.717) is 5.75 Å². The molecule has 6 nitrogen and oxygen atoms in total. The second-order valence-electron chi connectivity index (χ2n) is 6.00. The number of carbonyl (C=O) groups excluding carboxylic acids is 1. The van der Waals surface area contributed by atoms with Gasteiger partial charge in [0.15, 0.2) is 5.78 Å². The van der Waals surface area contributed by atoms with Crippen LogP contribution in [0.15, 0.2) is 53.1 Å². The van der Waals surface area contributed by atoms with Gasteiger partial charge in [-0.3, -0.25) is 9.00 Å². The maximum absolute atomic E-state index is 12.5. The number of carbonyl (C=O) groups is 1. The number of hydrogen-bond acceptors (Lipinski definition) is 6. The van der Waals surface area contributed by atoms with Crippen LogP contribution in [0.1, 0.15) is 21.8 Å². The van der Waals surface area contributed by atoms with Crippen LogP contribution in [-0.2, 0) is 22.7 Å². The van der Waals surface area contributed by atoms with Crippen molar-refractivity contribution in [3.8, 4) is 17.1 Å². The summed E-state index contributed by atoms with van der Waals surface area (Å²) in [6.45, 7) is 0. The van der Waals surface area contributed by atoms with Crippen molar-refractivity contribution in [2.45, 2.75) is 11.9 Å². The first kappa shape index (κ1) is 20.7. The minimum Gasteiger partial charge on any atom is -0.497 e. The monoisotopic (exact) mass is 424 g/mol. The lowest BCUT2D eigenvalue weighted by Crippen LogP contribution is -2.12. The van der Waals surface area contributed by atoms with Gasteiger partial charge in [-0.25, -0.2) is 0 Å². The molecule has 1 atom stereocenters. The van der Waals surface area contributed by atoms with Crippen LogP contribution < -0.4 is 4.74 Å². The summed E-state index contributed by atoms with van der Waals surface area (Å²) in [5.74, 6) is -1.30. The number of hydrogen-bond donors (Lipinski definition) is 0. The lowest BCUT2D eigenvalue weighted by molar-refractivity contribution is -0.159. The van der Waals surface area contributed by atoms with E-state index < -0.39 is 22.9 Å². The van der Waals surface area contributed by atoms with Crippen molar-refractivity contribution in [2.75, 3.05) is 12.9 Å². The second kappa shape index (κ2) is 8.56. The summed E-state index contributed by atoms with van der Waals surface area (Å²) in [6, 6.07) is 12.7. The fraction of sp³-hybridized carbons (Fsp3) is 0.211. The zero-order valence-corrected chi connectivity index (χ0v) is 15.9. The SMILES string of the molecule is COc1ccc(CS(=O)CC(=O)c2ccc(-c3noc(C(F)(F)F)n3)cc2)cc1. The van der Waals surface area contributed by atoms with E-state index in [2.05, 4.69) is 14.7 Å². The van der Waals surface area contributed by atoms with Gasteiger partial charge >= 0.3 is 12.1 Å². The van der Waals surface area contributed by atoms with Crippen molar-refractivity contribution in [1.29, 1.82) is 0 Å². The average molecular weight is 424 g/mol. The average Bonchev–Trinajstić information content (AvgIpc) is 3.19. The molecule has 0 radical (unpaired) electrons. The molecule has 3 rings (SSSR count). The van der Waals surface area contributed by atoms with E-state index in [9.17, 15) is 22.2 Å². The van der Waals surface area contributed by atoms with E-state index in [-0.39, 0.29) is 34.2 Å². The van der Waals surface area contributed by atoms with Crippen LogP contribution in [0, 0.1) is 0 Å². The third-order valence-corrected chi connectivity index (χ3v) is 5.15. The molecule has 2 aromatic carbocycles. The molecule has 3 aromatic rings. The van der Waals surface area contributed by atoms with Crippen molar-refractivity contribution in [3.63, 3.8) is 0 Å². The van der Waals surface area contributed by atoms with Crippen LogP contribution in [0.25, 0.3) is 11.4 Å². The van der Waals surface area contributed by atoms with Crippen LogP contribution in [0.3, 0.4) is 0 Å². The summed E-state index contributed by atoms with van der Waals surface area (Å²) in [5, 5.41) is 3.29. The number of aromatic nitrogens is 2. The van der Waals surface area contributed by atoms with E-state index in [4.69, 9.17) is 4.74 Å². The van der Waals surface area contributed by atoms with E-state index in [1.807, 2.05) is 0 Å². The van der Waals surface area contributed by atoms with Crippen LogP contribution in [-0.4, -0.2) is 33.0 Å². The second-order valence-corrected chi connectivity index (χ2v) is 7.46. The summed E-state index contributed by atoms with van der Waals surface area (Å²) in [5.41, 5.74) is 1.36. The zero-order valence-electron chi connectivity index (χ0n) is 15.1. The Morgan fingerprint density at radius 3 is 2.31 bits per heavy atom. The lowest BCUT2D eigenvalue weighted by Gasteiger charge is -2.05. The maximum atomic E-state index is 12.5. The molecule has 0 saturated heterocycles. The van der Waals surface area contributed by atoms with Gasteiger partial charge in [-0.1, -0.05) is 41.6 Å². The Bertz CT molecular complexity index is 1020. The van der Waals surface area contributed by atoms with Gasteiger partial charge < -0.3 is 9.26 Å². The van der Waals surface area contributed by atoms with Gasteiger partial charge in [-0.15, -0.1) is 0 Å². The molecular formula is C19H15F3N2O4S. The van der Waals surface area contributed by atoms with Crippen molar-refractivity contribution in [1.82, 2.24) is 10.1 Å². The first-order chi connectivity index (χ1) is 13.8. The Morgan fingerprint density at radius 1 is 1.10 bits per heavy atom. The molecule has 0 aliphatic rings. The van der Waals surface area contributed by atoms with Gasteiger partial charge in [-0.05, 0) is 17.7 Å². The molecule has 0 fully saturated rings. The molecule has 10 heteroatoms. The lowest BCUT2D eigenvalue weighted by atomic mass is 10.1. The van der Waals surface area contributed by atoms with Crippen LogP contribution >= 0.6 is 0 Å². The Morgan fingerprint density at radius 2 is 1.76 bits per heavy atom. The quantitative estimate of drug-likeness (QED) is 0.535. The molecule has 0 N–H and O–H groups in total. The summed E-state index contributed by atoms with van der Waals surface area (Å²) < 4.78 is 59.1. The molecule has 0 aliphatic heterocycles. The smallest absolute Gasteiger partial charge is 0.471 e. The zero-order chi connectivity index (χ0) is 21.0. The maximum Gasteiger partial charge on any atom is 0.471 e. The molecule has 1 aromatic heterocycles. The Hall–Kier alpha value is -3.01. The highest BCUT2D eigenvalue weighted by Gasteiger charge is 2.38. The van der Waals surface area contributed by atoms with E-state index in [1.54, 1.807) is 31.4 Å². The van der Waals surface area contributed by atoms with E-state index >= 15 is 0 Å². The minimum absolute atomic E-state index is 0.175. The number of methoxy groups -OCH3 is 1. The standard InChI is InChI=1S/C19H15F3N2O4S/c1-27-15-8-2-12(3-9-15)10-29(26)11-16(25)13-4-6-14(7-5-13)17-23-18(28-24-17)19(20,21)22/h2-9H,10-11H2,1H3. The highest BCUT2D eigenvalue weighted by Crippen LogP contribution is 2.29. The summed E-state index contributed by atoms with van der Waals surface area (Å²) >= 11 is 0. The number of alkyl halides is 3. The molecule has 0 spiro atoms. The fourth-order valence-electron chi connectivity index (χ4n) is 2.45. The van der Waals surface area contributed by atoms with Crippen molar-refractivity contribution >= 4 is 16.6 Å². The minimum atomic E-state index is -4.73. The summed E-state index contributed by atoms with van der Waals surface area (Å²) in [6.07, 6.45) is -4.73. The van der Waals surface area contributed by atoms with Crippen LogP contribution in [0.5, 0.6) is 5.75 Å². The van der Waals surface area contributed by atoms with Gasteiger partial charge in [0.2, 0.25) is 5.82 Å². The van der Waals surface area contributed by atoms with Gasteiger partial charge in [0.1, 0.15) is 5.75 Å². The predicted octanol–water partition coefficient (Wildman–Crippen LogP) is 3.90. The molecule has 0 bridgehead atoms. The third kappa shape index (κ3) is 5.29. The predicted molar refractivity (Wildman–Crippen MR) is 98.8 cm³/mol. The first-order valence-electron chi connectivity index (χ1n) is 8.28. The van der Waals surface area contributed by atoms with Gasteiger partial charge in [0.05, 0.1) is 12.9 Å². The van der Waals surface area contributed by atoms with Gasteiger partial charge in [0.25, 0.3) is 0 Å². The highest BCUT2D eigenvalue weighted by molar-refractivity contribution is 7.85. The number of benzene rings is 2. The Balaban J connectivity index is 1.62. The Labute approximate surface area is 166 Å².